The molecule has 1 aromatic rings. The van der Waals surface area contributed by atoms with E-state index in [2.05, 4.69) is 0 Å². The number of aryl methyl sites for hydroxylation is 1. The minimum Gasteiger partial charge on any atom is -0.497 e. The molecule has 17 heavy (non-hydrogen) atoms. The Labute approximate surface area is 100 Å². The third-order valence-corrected chi connectivity index (χ3v) is 2.82. The van der Waals surface area contributed by atoms with Crippen molar-refractivity contribution in [1.29, 1.82) is 0 Å². The zero-order valence-corrected chi connectivity index (χ0v) is 10.1. The maximum Gasteiger partial charge on any atom is 0.338 e. The molecule has 0 unspecified atom stereocenters. The molecule has 1 aliphatic rings. The molecule has 2 rings (SSSR count). The van der Waals surface area contributed by atoms with Crippen molar-refractivity contribution in [2.75, 3.05) is 20.3 Å². The minimum absolute atomic E-state index is 0.107. The van der Waals surface area contributed by atoms with Gasteiger partial charge in [0, 0.05) is 6.42 Å². The van der Waals surface area contributed by atoms with Gasteiger partial charge in [-0.1, -0.05) is 0 Å². The lowest BCUT2D eigenvalue weighted by molar-refractivity contribution is 0.0270. The van der Waals surface area contributed by atoms with Gasteiger partial charge in [-0.05, 0) is 30.7 Å². The number of esters is 1. The van der Waals surface area contributed by atoms with E-state index in [1.54, 1.807) is 19.2 Å². The van der Waals surface area contributed by atoms with Crippen LogP contribution >= 0.6 is 0 Å². The van der Waals surface area contributed by atoms with Gasteiger partial charge < -0.3 is 14.2 Å². The first-order chi connectivity index (χ1) is 8.20. The molecule has 0 N–H and O–H groups in total. The Morgan fingerprint density at radius 1 is 1.47 bits per heavy atom. The molecular formula is C13H16O4. The SMILES string of the molecule is COc1ccc(C(=O)O[C@@H]2CCOC2)c(C)c1. The molecule has 0 bridgehead atoms. The zero-order valence-electron chi connectivity index (χ0n) is 10.1. The first-order valence-corrected chi connectivity index (χ1v) is 5.64. The van der Waals surface area contributed by atoms with Crippen LogP contribution in [0.4, 0.5) is 0 Å². The van der Waals surface area contributed by atoms with Crippen LogP contribution in [0, 0.1) is 6.92 Å². The van der Waals surface area contributed by atoms with E-state index in [4.69, 9.17) is 14.2 Å². The van der Waals surface area contributed by atoms with Crippen molar-refractivity contribution in [3.63, 3.8) is 0 Å². The van der Waals surface area contributed by atoms with Gasteiger partial charge in [0.15, 0.2) is 0 Å². The molecule has 0 saturated carbocycles. The number of methoxy groups -OCH3 is 1. The van der Waals surface area contributed by atoms with Crippen LogP contribution < -0.4 is 4.74 Å². The van der Waals surface area contributed by atoms with Crippen molar-refractivity contribution in [1.82, 2.24) is 0 Å². The van der Waals surface area contributed by atoms with E-state index in [0.29, 0.717) is 18.8 Å². The topological polar surface area (TPSA) is 44.8 Å². The van der Waals surface area contributed by atoms with Crippen LogP contribution in [0.2, 0.25) is 0 Å². The second-order valence-corrected chi connectivity index (χ2v) is 4.07. The predicted molar refractivity (Wildman–Crippen MR) is 62.4 cm³/mol. The Morgan fingerprint density at radius 2 is 2.29 bits per heavy atom. The van der Waals surface area contributed by atoms with E-state index in [9.17, 15) is 4.79 Å². The molecule has 4 nitrogen and oxygen atoms in total. The highest BCUT2D eigenvalue weighted by atomic mass is 16.6. The number of carbonyl (C=O) groups excluding carboxylic acids is 1. The Kier molecular flexibility index (Phi) is 3.64. The monoisotopic (exact) mass is 236 g/mol. The van der Waals surface area contributed by atoms with E-state index in [1.807, 2.05) is 13.0 Å². The molecule has 0 spiro atoms. The van der Waals surface area contributed by atoms with Crippen LogP contribution in [-0.4, -0.2) is 32.4 Å². The van der Waals surface area contributed by atoms with Gasteiger partial charge >= 0.3 is 5.97 Å². The summed E-state index contributed by atoms with van der Waals surface area (Å²) in [5, 5.41) is 0. The largest absolute Gasteiger partial charge is 0.497 e. The molecule has 0 aliphatic carbocycles. The number of ether oxygens (including phenoxy) is 3. The second-order valence-electron chi connectivity index (χ2n) is 4.07. The molecule has 0 amide bonds. The normalized spacial score (nSPS) is 19.1. The fourth-order valence-electron chi connectivity index (χ4n) is 1.81. The second kappa shape index (κ2) is 5.19. The van der Waals surface area contributed by atoms with E-state index in [-0.39, 0.29) is 12.1 Å². The quantitative estimate of drug-likeness (QED) is 0.752. The molecule has 92 valence electrons. The van der Waals surface area contributed by atoms with Crippen molar-refractivity contribution in [2.45, 2.75) is 19.4 Å². The van der Waals surface area contributed by atoms with E-state index in [0.717, 1.165) is 17.7 Å². The van der Waals surface area contributed by atoms with Crippen LogP contribution in [0.15, 0.2) is 18.2 Å². The fraction of sp³-hybridized carbons (Fsp3) is 0.462. The van der Waals surface area contributed by atoms with E-state index < -0.39 is 0 Å². The third-order valence-electron chi connectivity index (χ3n) is 2.82. The van der Waals surface area contributed by atoms with E-state index >= 15 is 0 Å². The van der Waals surface area contributed by atoms with E-state index in [1.165, 1.54) is 0 Å². The summed E-state index contributed by atoms with van der Waals surface area (Å²) in [6.07, 6.45) is 0.671. The minimum atomic E-state index is -0.291. The van der Waals surface area contributed by atoms with Gasteiger partial charge in [-0.3, -0.25) is 0 Å². The van der Waals surface area contributed by atoms with Gasteiger partial charge in [-0.25, -0.2) is 4.79 Å². The maximum atomic E-state index is 11.9. The van der Waals surface area contributed by atoms with Crippen LogP contribution in [0.5, 0.6) is 5.75 Å². The first kappa shape index (κ1) is 11.9. The molecule has 0 radical (unpaired) electrons. The summed E-state index contributed by atoms with van der Waals surface area (Å²) in [6, 6.07) is 5.31. The first-order valence-electron chi connectivity index (χ1n) is 5.64. The van der Waals surface area contributed by atoms with Gasteiger partial charge in [0.05, 0.1) is 25.9 Å². The Balaban J connectivity index is 2.07. The zero-order chi connectivity index (χ0) is 12.3. The summed E-state index contributed by atoms with van der Waals surface area (Å²) in [5.41, 5.74) is 1.44. The van der Waals surface area contributed by atoms with Crippen LogP contribution in [0.3, 0.4) is 0 Å². The lowest BCUT2D eigenvalue weighted by Crippen LogP contribution is -2.18. The van der Waals surface area contributed by atoms with Gasteiger partial charge in [-0.2, -0.15) is 0 Å². The Morgan fingerprint density at radius 3 is 2.88 bits per heavy atom. The Bertz CT molecular complexity index is 408. The summed E-state index contributed by atoms with van der Waals surface area (Å²) in [6.45, 7) is 3.03. The number of benzene rings is 1. The third kappa shape index (κ3) is 2.77. The summed E-state index contributed by atoms with van der Waals surface area (Å²) < 4.78 is 15.6. The van der Waals surface area contributed by atoms with Crippen molar-refractivity contribution >= 4 is 5.97 Å². The average molecular weight is 236 g/mol. The van der Waals surface area contributed by atoms with Gasteiger partial charge in [0.2, 0.25) is 0 Å². The molecular weight excluding hydrogens is 220 g/mol. The van der Waals surface area contributed by atoms with Crippen LogP contribution in [0.1, 0.15) is 22.3 Å². The number of hydrogen-bond acceptors (Lipinski definition) is 4. The Hall–Kier alpha value is -1.55. The summed E-state index contributed by atoms with van der Waals surface area (Å²) in [4.78, 5) is 11.9. The summed E-state index contributed by atoms with van der Waals surface area (Å²) >= 11 is 0. The molecule has 4 heteroatoms. The highest BCUT2D eigenvalue weighted by molar-refractivity contribution is 5.91. The average Bonchev–Trinajstić information content (AvgIpc) is 2.81. The summed E-state index contributed by atoms with van der Waals surface area (Å²) in [5.74, 6) is 0.448. The fourth-order valence-corrected chi connectivity index (χ4v) is 1.81. The van der Waals surface area contributed by atoms with Crippen molar-refractivity contribution < 1.29 is 19.0 Å². The smallest absolute Gasteiger partial charge is 0.338 e. The van der Waals surface area contributed by atoms with Gasteiger partial charge in [-0.15, -0.1) is 0 Å². The highest BCUT2D eigenvalue weighted by Crippen LogP contribution is 2.19. The molecule has 0 aromatic heterocycles. The predicted octanol–water partition coefficient (Wildman–Crippen LogP) is 1.95. The van der Waals surface area contributed by atoms with Gasteiger partial charge in [0.25, 0.3) is 0 Å². The van der Waals surface area contributed by atoms with Gasteiger partial charge in [0.1, 0.15) is 11.9 Å². The summed E-state index contributed by atoms with van der Waals surface area (Å²) in [7, 11) is 1.60. The lowest BCUT2D eigenvalue weighted by Gasteiger charge is -2.12. The number of rotatable bonds is 3. The molecule has 1 aromatic carbocycles. The standard InChI is InChI=1S/C13H16O4/c1-9-7-10(15-2)3-4-12(9)13(14)17-11-5-6-16-8-11/h3-4,7,11H,5-6,8H2,1-2H3/t11-/m1/s1. The number of hydrogen-bond donors (Lipinski definition) is 0. The number of carbonyl (C=O) groups is 1. The van der Waals surface area contributed by atoms with Crippen molar-refractivity contribution in [3.8, 4) is 5.75 Å². The van der Waals surface area contributed by atoms with Crippen LogP contribution in [0.25, 0.3) is 0 Å². The maximum absolute atomic E-state index is 11.9. The van der Waals surface area contributed by atoms with Crippen molar-refractivity contribution in [3.05, 3.63) is 29.3 Å². The lowest BCUT2D eigenvalue weighted by atomic mass is 10.1. The molecule has 1 heterocycles. The molecule has 1 fully saturated rings. The highest BCUT2D eigenvalue weighted by Gasteiger charge is 2.21. The molecule has 1 saturated heterocycles. The molecule has 1 aliphatic heterocycles. The molecule has 1 atom stereocenters. The van der Waals surface area contributed by atoms with Crippen LogP contribution in [-0.2, 0) is 9.47 Å². The van der Waals surface area contributed by atoms with Crippen molar-refractivity contribution in [2.24, 2.45) is 0 Å².